The zero-order valence-electron chi connectivity index (χ0n) is 11.3. The lowest BCUT2D eigenvalue weighted by Crippen LogP contribution is -2.42. The van der Waals surface area contributed by atoms with Crippen LogP contribution >= 0.6 is 0 Å². The molecule has 106 valence electrons. The quantitative estimate of drug-likeness (QED) is 0.852. The van der Waals surface area contributed by atoms with Crippen molar-refractivity contribution in [3.63, 3.8) is 0 Å². The molecule has 0 unspecified atom stereocenters. The van der Waals surface area contributed by atoms with Gasteiger partial charge in [0.15, 0.2) is 0 Å². The lowest BCUT2D eigenvalue weighted by atomic mass is 9.98. The summed E-state index contributed by atoms with van der Waals surface area (Å²) in [6.45, 7) is 2.36. The van der Waals surface area contributed by atoms with E-state index in [-0.39, 0.29) is 17.4 Å². The fourth-order valence-electron chi connectivity index (χ4n) is 3.02. The van der Waals surface area contributed by atoms with Crippen LogP contribution < -0.4 is 10.2 Å². The summed E-state index contributed by atoms with van der Waals surface area (Å²) < 4.78 is 0. The summed E-state index contributed by atoms with van der Waals surface area (Å²) in [5, 5.41) is 12.3. The minimum atomic E-state index is -0.952. The van der Waals surface area contributed by atoms with Crippen LogP contribution in [0.15, 0.2) is 18.2 Å². The number of anilines is 1. The van der Waals surface area contributed by atoms with Gasteiger partial charge in [-0.25, -0.2) is 4.79 Å². The van der Waals surface area contributed by atoms with E-state index in [1.165, 1.54) is 0 Å². The minimum Gasteiger partial charge on any atom is -0.478 e. The van der Waals surface area contributed by atoms with E-state index in [1.54, 1.807) is 17.0 Å². The van der Waals surface area contributed by atoms with Gasteiger partial charge in [-0.1, -0.05) is 6.07 Å². The van der Waals surface area contributed by atoms with E-state index in [0.717, 1.165) is 43.6 Å². The second kappa shape index (κ2) is 5.25. The zero-order valence-corrected chi connectivity index (χ0v) is 11.3. The van der Waals surface area contributed by atoms with Crippen molar-refractivity contribution in [3.8, 4) is 0 Å². The first kappa shape index (κ1) is 13.1. The Hall–Kier alpha value is -1.88. The number of nitrogens with one attached hydrogen (secondary N) is 1. The molecule has 1 aromatic carbocycles. The fraction of sp³-hybridized carbons (Fsp3) is 0.467. The van der Waals surface area contributed by atoms with Crippen molar-refractivity contribution in [1.29, 1.82) is 0 Å². The molecule has 1 atom stereocenters. The molecule has 0 spiro atoms. The van der Waals surface area contributed by atoms with Gasteiger partial charge in [0, 0.05) is 18.8 Å². The third-order valence-electron chi connectivity index (χ3n) is 4.14. The summed E-state index contributed by atoms with van der Waals surface area (Å²) in [7, 11) is 0. The summed E-state index contributed by atoms with van der Waals surface area (Å²) in [5.41, 5.74) is 2.08. The van der Waals surface area contributed by atoms with Gasteiger partial charge < -0.3 is 15.3 Å². The highest BCUT2D eigenvalue weighted by Gasteiger charge is 2.31. The number of rotatable bonds is 2. The van der Waals surface area contributed by atoms with Crippen LogP contribution in [0.4, 0.5) is 5.69 Å². The van der Waals surface area contributed by atoms with Crippen molar-refractivity contribution in [1.82, 2.24) is 5.32 Å². The Kier molecular flexibility index (Phi) is 3.44. The van der Waals surface area contributed by atoms with Gasteiger partial charge in [-0.05, 0) is 43.5 Å². The number of piperidine rings is 1. The molecule has 2 aliphatic rings. The van der Waals surface area contributed by atoms with Crippen molar-refractivity contribution in [2.75, 3.05) is 24.5 Å². The number of benzene rings is 1. The minimum absolute atomic E-state index is 0.0168. The first-order chi connectivity index (χ1) is 9.66. The van der Waals surface area contributed by atoms with E-state index in [9.17, 15) is 9.59 Å². The standard InChI is InChI=1S/C15H18N2O3/c18-14(12-2-1-6-16-9-12)17-7-5-10-3-4-11(15(19)20)8-13(10)17/h3-4,8,12,16H,1-2,5-7,9H2,(H,19,20)/t12-/m0/s1. The summed E-state index contributed by atoms with van der Waals surface area (Å²) in [4.78, 5) is 25.4. The Labute approximate surface area is 117 Å². The monoisotopic (exact) mass is 274 g/mol. The van der Waals surface area contributed by atoms with Gasteiger partial charge in [-0.15, -0.1) is 0 Å². The van der Waals surface area contributed by atoms with Gasteiger partial charge in [0.1, 0.15) is 0 Å². The maximum Gasteiger partial charge on any atom is 0.335 e. The SMILES string of the molecule is O=C(O)c1ccc2c(c1)N(C(=O)[C@H]1CCCNC1)CC2. The van der Waals surface area contributed by atoms with E-state index >= 15 is 0 Å². The number of hydrogen-bond donors (Lipinski definition) is 2. The molecular formula is C15H18N2O3. The number of aromatic carboxylic acids is 1. The highest BCUT2D eigenvalue weighted by atomic mass is 16.4. The number of carbonyl (C=O) groups is 2. The van der Waals surface area contributed by atoms with Gasteiger partial charge in [0.25, 0.3) is 0 Å². The molecule has 1 amide bonds. The molecule has 0 saturated carbocycles. The molecule has 2 aliphatic heterocycles. The number of fused-ring (bicyclic) bond motifs is 1. The number of hydrogen-bond acceptors (Lipinski definition) is 3. The number of carbonyl (C=O) groups excluding carboxylic acids is 1. The fourth-order valence-corrected chi connectivity index (χ4v) is 3.02. The first-order valence-electron chi connectivity index (χ1n) is 7.05. The highest BCUT2D eigenvalue weighted by molar-refractivity contribution is 5.99. The van der Waals surface area contributed by atoms with Crippen molar-refractivity contribution >= 4 is 17.6 Å². The van der Waals surface area contributed by atoms with E-state index in [4.69, 9.17) is 5.11 Å². The molecule has 0 aliphatic carbocycles. The van der Waals surface area contributed by atoms with Gasteiger partial charge in [-0.2, -0.15) is 0 Å². The Bertz CT molecular complexity index is 550. The summed E-state index contributed by atoms with van der Waals surface area (Å²) >= 11 is 0. The molecule has 5 heteroatoms. The normalized spacial score (nSPS) is 21.6. The van der Waals surface area contributed by atoms with Gasteiger partial charge in [0.2, 0.25) is 5.91 Å². The molecule has 3 rings (SSSR count). The second-order valence-corrected chi connectivity index (χ2v) is 5.43. The van der Waals surface area contributed by atoms with Crippen molar-refractivity contribution in [3.05, 3.63) is 29.3 Å². The van der Waals surface area contributed by atoms with Crippen LogP contribution in [0, 0.1) is 5.92 Å². The van der Waals surface area contributed by atoms with Gasteiger partial charge in [-0.3, -0.25) is 4.79 Å². The molecule has 0 radical (unpaired) electrons. The average molecular weight is 274 g/mol. The second-order valence-electron chi connectivity index (χ2n) is 5.43. The van der Waals surface area contributed by atoms with Crippen molar-refractivity contribution in [2.24, 2.45) is 5.92 Å². The van der Waals surface area contributed by atoms with Crippen LogP contribution in [0.3, 0.4) is 0 Å². The lowest BCUT2D eigenvalue weighted by molar-refractivity contribution is -0.122. The number of carboxylic acids is 1. The molecule has 2 heterocycles. The van der Waals surface area contributed by atoms with Crippen LogP contribution in [0.2, 0.25) is 0 Å². The third kappa shape index (κ3) is 2.29. The molecule has 5 nitrogen and oxygen atoms in total. The van der Waals surface area contributed by atoms with Gasteiger partial charge in [0.05, 0.1) is 11.5 Å². The predicted molar refractivity (Wildman–Crippen MR) is 75.1 cm³/mol. The zero-order chi connectivity index (χ0) is 14.1. The molecule has 1 aromatic rings. The van der Waals surface area contributed by atoms with Crippen LogP contribution in [-0.4, -0.2) is 36.6 Å². The first-order valence-corrected chi connectivity index (χ1v) is 7.05. The largest absolute Gasteiger partial charge is 0.478 e. The molecule has 1 fully saturated rings. The van der Waals surface area contributed by atoms with E-state index in [0.29, 0.717) is 6.54 Å². The molecule has 1 saturated heterocycles. The summed E-state index contributed by atoms with van der Waals surface area (Å²) in [5.74, 6) is -0.812. The highest BCUT2D eigenvalue weighted by Crippen LogP contribution is 2.31. The smallest absolute Gasteiger partial charge is 0.335 e. The number of amides is 1. The third-order valence-corrected chi connectivity index (χ3v) is 4.14. The van der Waals surface area contributed by atoms with E-state index in [2.05, 4.69) is 5.32 Å². The molecule has 2 N–H and O–H groups in total. The van der Waals surface area contributed by atoms with Crippen LogP contribution in [0.5, 0.6) is 0 Å². The van der Waals surface area contributed by atoms with E-state index in [1.807, 2.05) is 6.07 Å². The molecule has 0 bridgehead atoms. The predicted octanol–water partition coefficient (Wildman–Crippen LogP) is 1.27. The summed E-state index contributed by atoms with van der Waals surface area (Å²) in [6.07, 6.45) is 2.74. The number of carboxylic acid groups (broad SMARTS) is 1. The number of nitrogens with zero attached hydrogens (tertiary/aromatic N) is 1. The van der Waals surface area contributed by atoms with Crippen LogP contribution in [0.25, 0.3) is 0 Å². The summed E-state index contributed by atoms with van der Waals surface area (Å²) in [6, 6.07) is 5.06. The van der Waals surface area contributed by atoms with Crippen molar-refractivity contribution in [2.45, 2.75) is 19.3 Å². The average Bonchev–Trinajstić information content (AvgIpc) is 2.90. The Balaban J connectivity index is 1.85. The lowest BCUT2D eigenvalue weighted by Gasteiger charge is -2.27. The van der Waals surface area contributed by atoms with Crippen LogP contribution in [0.1, 0.15) is 28.8 Å². The Morgan fingerprint density at radius 1 is 1.35 bits per heavy atom. The van der Waals surface area contributed by atoms with Gasteiger partial charge >= 0.3 is 5.97 Å². The van der Waals surface area contributed by atoms with E-state index < -0.39 is 5.97 Å². The maximum absolute atomic E-state index is 12.6. The Morgan fingerprint density at radius 2 is 2.20 bits per heavy atom. The maximum atomic E-state index is 12.6. The van der Waals surface area contributed by atoms with Crippen LogP contribution in [-0.2, 0) is 11.2 Å². The molecule has 0 aromatic heterocycles. The Morgan fingerprint density at radius 3 is 2.90 bits per heavy atom. The molecule has 20 heavy (non-hydrogen) atoms. The topological polar surface area (TPSA) is 69.6 Å². The molecular weight excluding hydrogens is 256 g/mol. The van der Waals surface area contributed by atoms with Crippen molar-refractivity contribution < 1.29 is 14.7 Å².